The van der Waals surface area contributed by atoms with Crippen LogP contribution in [0.1, 0.15) is 58.9 Å². The predicted molar refractivity (Wildman–Crippen MR) is 109 cm³/mol. The molecule has 0 atom stereocenters. The van der Waals surface area contributed by atoms with Gasteiger partial charge in [-0.2, -0.15) is 0 Å². The van der Waals surface area contributed by atoms with Crippen LogP contribution in [0.15, 0.2) is 12.1 Å². The highest BCUT2D eigenvalue weighted by Crippen LogP contribution is 2.37. The van der Waals surface area contributed by atoms with Crippen LogP contribution >= 0.6 is 11.6 Å². The highest BCUT2D eigenvalue weighted by atomic mass is 35.5. The second-order valence-corrected chi connectivity index (χ2v) is 8.33. The Labute approximate surface area is 172 Å². The van der Waals surface area contributed by atoms with Crippen LogP contribution in [0.3, 0.4) is 0 Å². The summed E-state index contributed by atoms with van der Waals surface area (Å²) in [5, 5.41) is 20.6. The SMILES string of the molecule is COc1cc(CO)c([N+](=O)[O-])cc1OC(C)(C)COC(C)(C)CCCCCCl. The molecular formula is C20H32ClNO6. The van der Waals surface area contributed by atoms with Crippen molar-refractivity contribution in [2.75, 3.05) is 19.6 Å². The third-order valence-corrected chi connectivity index (χ3v) is 4.61. The van der Waals surface area contributed by atoms with Crippen molar-refractivity contribution in [2.24, 2.45) is 0 Å². The van der Waals surface area contributed by atoms with Crippen molar-refractivity contribution in [3.05, 3.63) is 27.8 Å². The Kier molecular flexibility index (Phi) is 9.47. The first-order valence-corrected chi connectivity index (χ1v) is 9.94. The fourth-order valence-electron chi connectivity index (χ4n) is 2.72. The van der Waals surface area contributed by atoms with E-state index >= 15 is 0 Å². The number of ether oxygens (including phenoxy) is 3. The molecule has 160 valence electrons. The summed E-state index contributed by atoms with van der Waals surface area (Å²) in [6.45, 7) is 7.60. The van der Waals surface area contributed by atoms with Crippen molar-refractivity contribution in [1.29, 1.82) is 0 Å². The first-order valence-electron chi connectivity index (χ1n) is 9.40. The molecule has 0 heterocycles. The maximum atomic E-state index is 11.3. The number of halogens is 1. The molecule has 0 bridgehead atoms. The summed E-state index contributed by atoms with van der Waals surface area (Å²) in [4.78, 5) is 10.7. The fourth-order valence-corrected chi connectivity index (χ4v) is 2.91. The Morgan fingerprint density at radius 2 is 1.79 bits per heavy atom. The highest BCUT2D eigenvalue weighted by Gasteiger charge is 2.29. The summed E-state index contributed by atoms with van der Waals surface area (Å²) in [5.41, 5.74) is -1.10. The summed E-state index contributed by atoms with van der Waals surface area (Å²) in [7, 11) is 1.45. The normalized spacial score (nSPS) is 12.1. The zero-order valence-electron chi connectivity index (χ0n) is 17.4. The van der Waals surface area contributed by atoms with Gasteiger partial charge in [-0.3, -0.25) is 10.1 Å². The number of methoxy groups -OCH3 is 1. The van der Waals surface area contributed by atoms with E-state index in [2.05, 4.69) is 0 Å². The molecule has 0 radical (unpaired) electrons. The zero-order valence-corrected chi connectivity index (χ0v) is 18.2. The molecule has 1 rings (SSSR count). The number of alkyl halides is 1. The van der Waals surface area contributed by atoms with Crippen LogP contribution < -0.4 is 9.47 Å². The number of aliphatic hydroxyl groups is 1. The summed E-state index contributed by atoms with van der Waals surface area (Å²) >= 11 is 5.71. The van der Waals surface area contributed by atoms with Crippen molar-refractivity contribution in [2.45, 2.75) is 71.2 Å². The zero-order chi connectivity index (χ0) is 21.4. The molecule has 1 N–H and O–H groups in total. The lowest BCUT2D eigenvalue weighted by Gasteiger charge is -2.33. The van der Waals surface area contributed by atoms with Gasteiger partial charge in [0.25, 0.3) is 5.69 Å². The largest absolute Gasteiger partial charge is 0.493 e. The molecule has 0 fully saturated rings. The van der Waals surface area contributed by atoms with Crippen molar-refractivity contribution >= 4 is 17.3 Å². The van der Waals surface area contributed by atoms with Crippen molar-refractivity contribution in [1.82, 2.24) is 0 Å². The van der Waals surface area contributed by atoms with Gasteiger partial charge in [0.2, 0.25) is 0 Å². The summed E-state index contributed by atoms with van der Waals surface area (Å²) in [6.07, 6.45) is 3.99. The van der Waals surface area contributed by atoms with Crippen molar-refractivity contribution in [3.63, 3.8) is 0 Å². The van der Waals surface area contributed by atoms with Crippen LogP contribution in [0.2, 0.25) is 0 Å². The highest BCUT2D eigenvalue weighted by molar-refractivity contribution is 6.17. The van der Waals surface area contributed by atoms with E-state index in [0.29, 0.717) is 18.2 Å². The molecule has 28 heavy (non-hydrogen) atoms. The Morgan fingerprint density at radius 1 is 1.11 bits per heavy atom. The van der Waals surface area contributed by atoms with Gasteiger partial charge in [-0.05, 0) is 46.6 Å². The van der Waals surface area contributed by atoms with E-state index in [1.807, 2.05) is 27.7 Å². The van der Waals surface area contributed by atoms with E-state index in [4.69, 9.17) is 25.8 Å². The Bertz CT molecular complexity index is 648. The average molecular weight is 418 g/mol. The molecule has 0 saturated carbocycles. The van der Waals surface area contributed by atoms with Crippen LogP contribution in [0.5, 0.6) is 11.5 Å². The van der Waals surface area contributed by atoms with E-state index in [0.717, 1.165) is 25.7 Å². The number of hydrogen-bond donors (Lipinski definition) is 1. The predicted octanol–water partition coefficient (Wildman–Crippen LogP) is 4.85. The van der Waals surface area contributed by atoms with Gasteiger partial charge in [-0.1, -0.05) is 12.8 Å². The molecule has 1 aromatic rings. The van der Waals surface area contributed by atoms with E-state index in [-0.39, 0.29) is 22.6 Å². The Hall–Kier alpha value is -1.57. The van der Waals surface area contributed by atoms with Crippen molar-refractivity contribution < 1.29 is 24.2 Å². The summed E-state index contributed by atoms with van der Waals surface area (Å²) < 4.78 is 17.3. The van der Waals surface area contributed by atoms with Gasteiger partial charge in [0, 0.05) is 5.88 Å². The number of nitro groups is 1. The maximum Gasteiger partial charge on any atom is 0.278 e. The molecule has 0 aliphatic rings. The summed E-state index contributed by atoms with van der Waals surface area (Å²) in [5.74, 6) is 1.23. The van der Waals surface area contributed by atoms with Crippen LogP contribution in [-0.2, 0) is 11.3 Å². The molecule has 0 spiro atoms. The molecule has 0 aromatic heterocycles. The molecule has 0 saturated heterocycles. The molecule has 1 aromatic carbocycles. The Balaban J connectivity index is 2.85. The number of rotatable bonds is 13. The van der Waals surface area contributed by atoms with Crippen molar-refractivity contribution in [3.8, 4) is 11.5 Å². The van der Waals surface area contributed by atoms with E-state index < -0.39 is 17.1 Å². The van der Waals surface area contributed by atoms with Gasteiger partial charge in [-0.25, -0.2) is 0 Å². The number of aliphatic hydroxyl groups excluding tert-OH is 1. The topological polar surface area (TPSA) is 91.1 Å². The van der Waals surface area contributed by atoms with Gasteiger partial charge in [-0.15, -0.1) is 11.6 Å². The van der Waals surface area contributed by atoms with Crippen LogP contribution in [0.4, 0.5) is 5.69 Å². The van der Waals surface area contributed by atoms with Gasteiger partial charge < -0.3 is 19.3 Å². The molecule has 0 unspecified atom stereocenters. The van der Waals surface area contributed by atoms with Gasteiger partial charge in [0.05, 0.1) is 42.5 Å². The monoisotopic (exact) mass is 417 g/mol. The minimum Gasteiger partial charge on any atom is -0.493 e. The minimum atomic E-state index is -0.741. The molecule has 0 aliphatic heterocycles. The van der Waals surface area contributed by atoms with E-state index in [1.54, 1.807) is 0 Å². The second-order valence-electron chi connectivity index (χ2n) is 7.96. The molecule has 7 nitrogen and oxygen atoms in total. The third kappa shape index (κ3) is 7.81. The van der Waals surface area contributed by atoms with Crippen LogP contribution in [-0.4, -0.2) is 40.8 Å². The number of nitrogens with zero attached hydrogens (tertiary/aromatic N) is 1. The lowest BCUT2D eigenvalue weighted by Crippen LogP contribution is -2.39. The van der Waals surface area contributed by atoms with Crippen LogP contribution in [0.25, 0.3) is 0 Å². The Morgan fingerprint density at radius 3 is 2.32 bits per heavy atom. The molecule has 0 amide bonds. The third-order valence-electron chi connectivity index (χ3n) is 4.34. The van der Waals surface area contributed by atoms with E-state index in [9.17, 15) is 15.2 Å². The average Bonchev–Trinajstić information content (AvgIpc) is 2.63. The van der Waals surface area contributed by atoms with Crippen LogP contribution in [0, 0.1) is 10.1 Å². The van der Waals surface area contributed by atoms with Gasteiger partial charge >= 0.3 is 0 Å². The second kappa shape index (κ2) is 10.8. The molecular weight excluding hydrogens is 386 g/mol. The summed E-state index contributed by atoms with van der Waals surface area (Å²) in [6, 6.07) is 2.70. The lowest BCUT2D eigenvalue weighted by atomic mass is 10.00. The number of benzene rings is 1. The lowest BCUT2D eigenvalue weighted by molar-refractivity contribution is -0.386. The van der Waals surface area contributed by atoms with Gasteiger partial charge in [0.15, 0.2) is 11.5 Å². The standard InChI is InChI=1S/C20H32ClNO6/c1-19(2,9-7-6-8-10-21)27-14-20(3,4)28-18-12-16(22(24)25)15(13-23)11-17(18)26-5/h11-12,23H,6-10,13-14H2,1-5H3. The first kappa shape index (κ1) is 24.5. The molecule has 0 aliphatic carbocycles. The van der Waals surface area contributed by atoms with Gasteiger partial charge in [0.1, 0.15) is 5.60 Å². The number of unbranched alkanes of at least 4 members (excludes halogenated alkanes) is 2. The number of nitro benzene ring substituents is 1. The fraction of sp³-hybridized carbons (Fsp3) is 0.700. The first-order chi connectivity index (χ1) is 13.0. The smallest absolute Gasteiger partial charge is 0.278 e. The quantitative estimate of drug-likeness (QED) is 0.213. The molecule has 8 heteroatoms. The minimum absolute atomic E-state index is 0.168. The van der Waals surface area contributed by atoms with E-state index in [1.165, 1.54) is 19.2 Å². The number of hydrogen-bond acceptors (Lipinski definition) is 6. The maximum absolute atomic E-state index is 11.3.